The third kappa shape index (κ3) is 4.79. The first-order chi connectivity index (χ1) is 18.4. The highest BCUT2D eigenvalue weighted by Crippen LogP contribution is 2.34. The Labute approximate surface area is 220 Å². The molecule has 1 N–H and O–H groups in total. The van der Waals surface area contributed by atoms with Crippen LogP contribution in [0.5, 0.6) is 5.75 Å². The minimum Gasteiger partial charge on any atom is -0.489 e. The Hall–Kier alpha value is -4.04. The van der Waals surface area contributed by atoms with Gasteiger partial charge in [-0.3, -0.25) is 24.6 Å². The topological polar surface area (TPSA) is 79.0 Å². The van der Waals surface area contributed by atoms with Crippen molar-refractivity contribution >= 4 is 17.7 Å². The number of rotatable bonds is 6. The summed E-state index contributed by atoms with van der Waals surface area (Å²) < 4.78 is 19.6. The number of carbonyl (C=O) groups excluding carboxylic acids is 3. The van der Waals surface area contributed by atoms with Gasteiger partial charge < -0.3 is 9.64 Å². The van der Waals surface area contributed by atoms with E-state index in [4.69, 9.17) is 4.74 Å². The van der Waals surface area contributed by atoms with Crippen molar-refractivity contribution < 1.29 is 23.5 Å². The Morgan fingerprint density at radius 1 is 0.921 bits per heavy atom. The van der Waals surface area contributed by atoms with Crippen LogP contribution in [-0.4, -0.2) is 40.1 Å². The number of fused-ring (bicyclic) bond motifs is 2. The van der Waals surface area contributed by atoms with Gasteiger partial charge in [-0.15, -0.1) is 0 Å². The van der Waals surface area contributed by atoms with Gasteiger partial charge in [0, 0.05) is 37.2 Å². The number of piperidine rings is 1. The average Bonchev–Trinajstić information content (AvgIpc) is 3.25. The molecule has 0 spiro atoms. The molecule has 3 aromatic carbocycles. The van der Waals surface area contributed by atoms with Crippen LogP contribution in [0.4, 0.5) is 4.39 Å². The van der Waals surface area contributed by atoms with Crippen molar-refractivity contribution in [3.05, 3.63) is 99.9 Å². The van der Waals surface area contributed by atoms with Crippen molar-refractivity contribution in [2.24, 2.45) is 0 Å². The van der Waals surface area contributed by atoms with Gasteiger partial charge in [-0.05, 0) is 59.4 Å². The molecular formula is C30H28FN3O4. The summed E-state index contributed by atoms with van der Waals surface area (Å²) in [5.41, 5.74) is 5.80. The summed E-state index contributed by atoms with van der Waals surface area (Å²) in [7, 11) is 0. The number of hydrogen-bond acceptors (Lipinski definition) is 5. The Bertz CT molecular complexity index is 1420. The quantitative estimate of drug-likeness (QED) is 0.509. The van der Waals surface area contributed by atoms with E-state index in [0.29, 0.717) is 24.3 Å². The summed E-state index contributed by atoms with van der Waals surface area (Å²) in [6, 6.07) is 18.1. The third-order valence-electron chi connectivity index (χ3n) is 7.62. The highest BCUT2D eigenvalue weighted by atomic mass is 19.1. The summed E-state index contributed by atoms with van der Waals surface area (Å²) in [5, 5.41) is 2.33. The first-order valence-corrected chi connectivity index (χ1v) is 12.9. The number of carbonyl (C=O) groups is 3. The summed E-state index contributed by atoms with van der Waals surface area (Å²) in [6.45, 7) is 3.17. The van der Waals surface area contributed by atoms with E-state index in [9.17, 15) is 18.8 Å². The minimum absolute atomic E-state index is 0.172. The van der Waals surface area contributed by atoms with E-state index < -0.39 is 11.9 Å². The molecule has 1 saturated heterocycles. The second-order valence-electron chi connectivity index (χ2n) is 10.2. The fraction of sp³-hybridized carbons (Fsp3) is 0.300. The van der Waals surface area contributed by atoms with Crippen molar-refractivity contribution in [2.75, 3.05) is 6.54 Å². The van der Waals surface area contributed by atoms with Crippen LogP contribution in [0.15, 0.2) is 60.7 Å². The summed E-state index contributed by atoms with van der Waals surface area (Å²) in [5.74, 6) is -0.488. The van der Waals surface area contributed by atoms with E-state index in [1.54, 1.807) is 18.2 Å². The zero-order chi connectivity index (χ0) is 26.2. The highest BCUT2D eigenvalue weighted by molar-refractivity contribution is 6.05. The van der Waals surface area contributed by atoms with E-state index in [0.717, 1.165) is 42.7 Å². The van der Waals surface area contributed by atoms with E-state index >= 15 is 0 Å². The van der Waals surface area contributed by atoms with Gasteiger partial charge in [-0.25, -0.2) is 4.39 Å². The molecule has 38 heavy (non-hydrogen) atoms. The Morgan fingerprint density at radius 3 is 2.55 bits per heavy atom. The Morgan fingerprint density at radius 2 is 1.74 bits per heavy atom. The van der Waals surface area contributed by atoms with Gasteiger partial charge in [-0.2, -0.15) is 0 Å². The lowest BCUT2D eigenvalue weighted by molar-refractivity contribution is -0.136. The lowest BCUT2D eigenvalue weighted by Gasteiger charge is -2.29. The van der Waals surface area contributed by atoms with Crippen molar-refractivity contribution in [3.63, 3.8) is 0 Å². The summed E-state index contributed by atoms with van der Waals surface area (Å²) >= 11 is 0. The fourth-order valence-electron chi connectivity index (χ4n) is 5.57. The van der Waals surface area contributed by atoms with Crippen molar-refractivity contribution in [1.82, 2.24) is 15.1 Å². The second-order valence-corrected chi connectivity index (χ2v) is 10.2. The molecule has 194 valence electrons. The monoisotopic (exact) mass is 513 g/mol. The lowest BCUT2D eigenvalue weighted by Crippen LogP contribution is -2.52. The normalized spacial score (nSPS) is 19.2. The van der Waals surface area contributed by atoms with Gasteiger partial charge in [0.05, 0.1) is 6.54 Å². The molecule has 0 aliphatic carbocycles. The van der Waals surface area contributed by atoms with E-state index in [2.05, 4.69) is 22.3 Å². The van der Waals surface area contributed by atoms with Crippen molar-refractivity contribution in [3.8, 4) is 5.75 Å². The Balaban J connectivity index is 1.08. The predicted molar refractivity (Wildman–Crippen MR) is 137 cm³/mol. The molecule has 0 aromatic heterocycles. The number of benzene rings is 3. The van der Waals surface area contributed by atoms with Gasteiger partial charge in [-0.1, -0.05) is 36.4 Å². The SMILES string of the molecule is O=C1CCC(N2Cc3c(OCc4ccc(CN5CCc6cc(F)ccc6C5)cc4)cccc3C2=O)C(=O)N1. The summed E-state index contributed by atoms with van der Waals surface area (Å²) in [6.07, 6.45) is 1.40. The number of nitrogens with zero attached hydrogens (tertiary/aromatic N) is 2. The van der Waals surface area contributed by atoms with Crippen LogP contribution in [0.25, 0.3) is 0 Å². The first-order valence-electron chi connectivity index (χ1n) is 12.9. The molecule has 0 bridgehead atoms. The van der Waals surface area contributed by atoms with Gasteiger partial charge in [0.2, 0.25) is 11.8 Å². The molecule has 1 unspecified atom stereocenters. The largest absolute Gasteiger partial charge is 0.489 e. The molecule has 1 fully saturated rings. The smallest absolute Gasteiger partial charge is 0.255 e. The van der Waals surface area contributed by atoms with Crippen LogP contribution in [0.2, 0.25) is 0 Å². The van der Waals surface area contributed by atoms with Crippen LogP contribution < -0.4 is 10.1 Å². The van der Waals surface area contributed by atoms with Crippen LogP contribution in [-0.2, 0) is 42.3 Å². The zero-order valence-corrected chi connectivity index (χ0v) is 20.9. The van der Waals surface area contributed by atoms with Crippen LogP contribution in [0, 0.1) is 5.82 Å². The molecule has 3 heterocycles. The van der Waals surface area contributed by atoms with Gasteiger partial charge in [0.1, 0.15) is 24.2 Å². The van der Waals surface area contributed by atoms with Crippen molar-refractivity contribution in [1.29, 1.82) is 0 Å². The molecule has 7 nitrogen and oxygen atoms in total. The van der Waals surface area contributed by atoms with Crippen molar-refractivity contribution in [2.45, 2.75) is 51.5 Å². The van der Waals surface area contributed by atoms with Gasteiger partial charge in [0.15, 0.2) is 0 Å². The molecule has 3 aliphatic rings. The molecular weight excluding hydrogens is 485 g/mol. The maximum atomic E-state index is 13.5. The molecule has 6 rings (SSSR count). The number of amides is 3. The maximum absolute atomic E-state index is 13.5. The molecule has 3 aromatic rings. The zero-order valence-electron chi connectivity index (χ0n) is 20.9. The van der Waals surface area contributed by atoms with Crippen LogP contribution in [0.3, 0.4) is 0 Å². The minimum atomic E-state index is -0.650. The third-order valence-corrected chi connectivity index (χ3v) is 7.62. The lowest BCUT2D eigenvalue weighted by atomic mass is 9.99. The van der Waals surface area contributed by atoms with Gasteiger partial charge >= 0.3 is 0 Å². The first kappa shape index (κ1) is 24.3. The number of halogens is 1. The standard InChI is InChI=1S/C30H28FN3O4/c31-23-9-8-22-16-33(13-12-21(22)14-23)15-19-4-6-20(7-5-19)18-38-27-3-1-2-24-25(27)17-34(30(24)37)26-10-11-28(35)32-29(26)36/h1-9,14,26H,10-13,15-18H2,(H,32,35,36). The highest BCUT2D eigenvalue weighted by Gasteiger charge is 2.40. The molecule has 3 aliphatic heterocycles. The van der Waals surface area contributed by atoms with E-state index in [-0.39, 0.29) is 30.6 Å². The average molecular weight is 514 g/mol. The molecule has 0 radical (unpaired) electrons. The van der Waals surface area contributed by atoms with E-state index in [1.165, 1.54) is 22.1 Å². The molecule has 3 amide bonds. The predicted octanol–water partition coefficient (Wildman–Crippen LogP) is 3.72. The number of imide groups is 1. The Kier molecular flexibility index (Phi) is 6.41. The van der Waals surface area contributed by atoms with Crippen LogP contribution in [0.1, 0.15) is 51.0 Å². The fourth-order valence-corrected chi connectivity index (χ4v) is 5.57. The molecule has 1 atom stereocenters. The molecule has 0 saturated carbocycles. The second kappa shape index (κ2) is 10.0. The van der Waals surface area contributed by atoms with Crippen LogP contribution >= 0.6 is 0 Å². The van der Waals surface area contributed by atoms with Gasteiger partial charge in [0.25, 0.3) is 5.91 Å². The number of hydrogen-bond donors (Lipinski definition) is 1. The van der Waals surface area contributed by atoms with E-state index in [1.807, 2.05) is 24.3 Å². The maximum Gasteiger partial charge on any atom is 0.255 e. The summed E-state index contributed by atoms with van der Waals surface area (Å²) in [4.78, 5) is 40.8. The number of ether oxygens (including phenoxy) is 1. The molecule has 8 heteroatoms. The number of nitrogens with one attached hydrogen (secondary N) is 1.